The van der Waals surface area contributed by atoms with Crippen molar-refractivity contribution >= 4 is 44.9 Å². The number of nitrogens with zero attached hydrogens (tertiary/aromatic N) is 1. The first-order chi connectivity index (χ1) is 13.1. The number of carbonyl (C=O) groups is 2. The molecule has 1 aliphatic rings. The molecule has 1 aliphatic heterocycles. The molecular formula is C21H18ClNO3S. The SMILES string of the molecule is O=C(OCc1sc2ccccc2c1Cl)c1ccc(CN2CCCC2=O)cc1. The van der Waals surface area contributed by atoms with Crippen LogP contribution < -0.4 is 0 Å². The standard InChI is InChI=1S/C21H18ClNO3S/c22-20-16-4-1-2-5-17(16)27-18(20)13-26-21(25)15-9-7-14(8-10-15)12-23-11-3-6-19(23)24/h1-2,4-5,7-10H,3,6,11-13H2. The molecule has 0 unspecified atom stereocenters. The van der Waals surface area contributed by atoms with Gasteiger partial charge in [0.1, 0.15) is 6.61 Å². The van der Waals surface area contributed by atoms with Crippen molar-refractivity contribution < 1.29 is 14.3 Å². The Hall–Kier alpha value is -2.37. The van der Waals surface area contributed by atoms with Gasteiger partial charge in [0.05, 0.1) is 15.5 Å². The minimum atomic E-state index is -0.382. The number of esters is 1. The highest BCUT2D eigenvalue weighted by Crippen LogP contribution is 2.35. The molecule has 0 bridgehead atoms. The van der Waals surface area contributed by atoms with E-state index in [0.717, 1.165) is 33.5 Å². The fourth-order valence-corrected chi connectivity index (χ4v) is 4.61. The van der Waals surface area contributed by atoms with Gasteiger partial charge < -0.3 is 9.64 Å². The molecule has 27 heavy (non-hydrogen) atoms. The second-order valence-corrected chi connectivity index (χ2v) is 8.04. The molecule has 3 aromatic rings. The van der Waals surface area contributed by atoms with Crippen LogP contribution in [0.15, 0.2) is 48.5 Å². The predicted octanol–water partition coefficient (Wildman–Crippen LogP) is 5.03. The van der Waals surface area contributed by atoms with Crippen LogP contribution in [0.5, 0.6) is 0 Å². The van der Waals surface area contributed by atoms with Crippen LogP contribution in [0.4, 0.5) is 0 Å². The van der Waals surface area contributed by atoms with Crippen LogP contribution >= 0.6 is 22.9 Å². The van der Waals surface area contributed by atoms with Crippen LogP contribution in [-0.2, 0) is 22.7 Å². The lowest BCUT2D eigenvalue weighted by Gasteiger charge is -2.15. The van der Waals surface area contributed by atoms with Gasteiger partial charge in [0, 0.05) is 29.6 Å². The van der Waals surface area contributed by atoms with Crippen molar-refractivity contribution in [2.24, 2.45) is 0 Å². The minimum absolute atomic E-state index is 0.154. The fourth-order valence-electron chi connectivity index (χ4n) is 3.21. The Balaban J connectivity index is 1.39. The molecule has 2 aromatic carbocycles. The van der Waals surface area contributed by atoms with E-state index in [9.17, 15) is 9.59 Å². The molecule has 0 atom stereocenters. The Labute approximate surface area is 166 Å². The molecule has 0 aliphatic carbocycles. The van der Waals surface area contributed by atoms with E-state index in [4.69, 9.17) is 16.3 Å². The van der Waals surface area contributed by atoms with E-state index in [1.165, 1.54) is 11.3 Å². The van der Waals surface area contributed by atoms with Gasteiger partial charge in [0.2, 0.25) is 5.91 Å². The van der Waals surface area contributed by atoms with E-state index in [2.05, 4.69) is 0 Å². The number of hydrogen-bond acceptors (Lipinski definition) is 4. The largest absolute Gasteiger partial charge is 0.456 e. The van der Waals surface area contributed by atoms with Gasteiger partial charge in [-0.3, -0.25) is 4.79 Å². The van der Waals surface area contributed by atoms with Crippen LogP contribution in [0.1, 0.15) is 33.6 Å². The van der Waals surface area contributed by atoms with Gasteiger partial charge in [-0.15, -0.1) is 11.3 Å². The molecule has 6 heteroatoms. The monoisotopic (exact) mass is 399 g/mol. The molecule has 138 valence electrons. The van der Waals surface area contributed by atoms with E-state index in [1.807, 2.05) is 41.3 Å². The zero-order valence-corrected chi connectivity index (χ0v) is 16.2. The molecule has 1 fully saturated rings. The number of benzene rings is 2. The second kappa shape index (κ2) is 7.71. The Morgan fingerprint density at radius 1 is 1.15 bits per heavy atom. The molecule has 4 rings (SSSR count). The lowest BCUT2D eigenvalue weighted by molar-refractivity contribution is -0.128. The highest BCUT2D eigenvalue weighted by atomic mass is 35.5. The third-order valence-electron chi connectivity index (χ3n) is 4.67. The third kappa shape index (κ3) is 3.84. The fraction of sp³-hybridized carbons (Fsp3) is 0.238. The molecular weight excluding hydrogens is 382 g/mol. The molecule has 0 N–H and O–H groups in total. The number of ether oxygens (including phenoxy) is 1. The summed E-state index contributed by atoms with van der Waals surface area (Å²) in [5.41, 5.74) is 1.50. The van der Waals surface area contributed by atoms with Gasteiger partial charge in [-0.2, -0.15) is 0 Å². The predicted molar refractivity (Wildman–Crippen MR) is 107 cm³/mol. The Bertz CT molecular complexity index is 996. The average molecular weight is 400 g/mol. The summed E-state index contributed by atoms with van der Waals surface area (Å²) in [4.78, 5) is 26.7. The first kappa shape index (κ1) is 18.0. The van der Waals surface area contributed by atoms with Gasteiger partial charge >= 0.3 is 5.97 Å². The minimum Gasteiger partial charge on any atom is -0.456 e. The van der Waals surface area contributed by atoms with Crippen LogP contribution in [0.2, 0.25) is 5.02 Å². The summed E-state index contributed by atoms with van der Waals surface area (Å²) < 4.78 is 6.52. The molecule has 1 saturated heterocycles. The number of likely N-dealkylation sites (tertiary alicyclic amines) is 1. The first-order valence-corrected chi connectivity index (χ1v) is 10.0. The zero-order chi connectivity index (χ0) is 18.8. The van der Waals surface area contributed by atoms with Crippen LogP contribution in [0, 0.1) is 0 Å². The zero-order valence-electron chi connectivity index (χ0n) is 14.6. The molecule has 4 nitrogen and oxygen atoms in total. The lowest BCUT2D eigenvalue weighted by Crippen LogP contribution is -2.23. The van der Waals surface area contributed by atoms with Crippen molar-refractivity contribution in [1.29, 1.82) is 0 Å². The Morgan fingerprint density at radius 3 is 2.63 bits per heavy atom. The summed E-state index contributed by atoms with van der Waals surface area (Å²) >= 11 is 7.92. The number of hydrogen-bond donors (Lipinski definition) is 0. The molecule has 2 heterocycles. The Morgan fingerprint density at radius 2 is 1.93 bits per heavy atom. The third-order valence-corrected chi connectivity index (χ3v) is 6.36. The number of amides is 1. The number of halogens is 1. The number of fused-ring (bicyclic) bond motifs is 1. The van der Waals surface area contributed by atoms with Crippen molar-refractivity contribution in [3.8, 4) is 0 Å². The number of carbonyl (C=O) groups excluding carboxylic acids is 2. The average Bonchev–Trinajstić information content (AvgIpc) is 3.24. The van der Waals surface area contributed by atoms with E-state index >= 15 is 0 Å². The van der Waals surface area contributed by atoms with Gasteiger partial charge in [-0.25, -0.2) is 4.79 Å². The summed E-state index contributed by atoms with van der Waals surface area (Å²) in [7, 11) is 0. The molecule has 0 spiro atoms. The number of thiophene rings is 1. The maximum atomic E-state index is 12.3. The molecule has 1 aromatic heterocycles. The van der Waals surface area contributed by atoms with E-state index in [0.29, 0.717) is 23.6 Å². The highest BCUT2D eigenvalue weighted by Gasteiger charge is 2.20. The quantitative estimate of drug-likeness (QED) is 0.565. The van der Waals surface area contributed by atoms with Gasteiger partial charge in [-0.1, -0.05) is 41.9 Å². The van der Waals surface area contributed by atoms with Gasteiger partial charge in [0.15, 0.2) is 0 Å². The summed E-state index contributed by atoms with van der Waals surface area (Å²) in [5.74, 6) is -0.189. The normalized spacial score (nSPS) is 14.1. The molecule has 0 radical (unpaired) electrons. The van der Waals surface area contributed by atoms with E-state index < -0.39 is 0 Å². The van der Waals surface area contributed by atoms with Crippen molar-refractivity contribution in [3.05, 3.63) is 69.6 Å². The maximum Gasteiger partial charge on any atom is 0.338 e. The topological polar surface area (TPSA) is 46.6 Å². The number of rotatable bonds is 5. The first-order valence-electron chi connectivity index (χ1n) is 8.81. The molecule has 1 amide bonds. The van der Waals surface area contributed by atoms with Gasteiger partial charge in [0.25, 0.3) is 0 Å². The van der Waals surface area contributed by atoms with E-state index in [1.54, 1.807) is 12.1 Å². The smallest absolute Gasteiger partial charge is 0.338 e. The van der Waals surface area contributed by atoms with Crippen LogP contribution in [-0.4, -0.2) is 23.3 Å². The summed E-state index contributed by atoms with van der Waals surface area (Å²) in [6.45, 7) is 1.55. The van der Waals surface area contributed by atoms with Crippen molar-refractivity contribution in [1.82, 2.24) is 4.90 Å². The van der Waals surface area contributed by atoms with Crippen LogP contribution in [0.25, 0.3) is 10.1 Å². The van der Waals surface area contributed by atoms with Crippen molar-refractivity contribution in [2.75, 3.05) is 6.54 Å². The second-order valence-electron chi connectivity index (χ2n) is 6.53. The lowest BCUT2D eigenvalue weighted by atomic mass is 10.1. The highest BCUT2D eigenvalue weighted by molar-refractivity contribution is 7.19. The van der Waals surface area contributed by atoms with Crippen LogP contribution in [0.3, 0.4) is 0 Å². The van der Waals surface area contributed by atoms with E-state index in [-0.39, 0.29) is 18.5 Å². The summed E-state index contributed by atoms with van der Waals surface area (Å²) in [6, 6.07) is 15.1. The Kier molecular flexibility index (Phi) is 5.14. The molecule has 0 saturated carbocycles. The van der Waals surface area contributed by atoms with Crippen molar-refractivity contribution in [2.45, 2.75) is 26.0 Å². The van der Waals surface area contributed by atoms with Gasteiger partial charge in [-0.05, 0) is 30.2 Å². The summed E-state index contributed by atoms with van der Waals surface area (Å²) in [6.07, 6.45) is 1.55. The maximum absolute atomic E-state index is 12.3. The van der Waals surface area contributed by atoms with Crippen molar-refractivity contribution in [3.63, 3.8) is 0 Å². The summed E-state index contributed by atoms with van der Waals surface area (Å²) in [5, 5.41) is 1.63.